The Morgan fingerprint density at radius 3 is 2.30 bits per heavy atom. The average Bonchev–Trinajstić information content (AvgIpc) is 1.82. The highest BCUT2D eigenvalue weighted by Crippen LogP contribution is 2.01. The maximum atomic E-state index is 11.7. The van der Waals surface area contributed by atoms with Crippen molar-refractivity contribution in [1.82, 2.24) is 0 Å². The molecule has 62 valence electrons. The number of hydrogen-bond donors (Lipinski definition) is 2. The molecule has 3 nitrogen and oxygen atoms in total. The van der Waals surface area contributed by atoms with Crippen molar-refractivity contribution < 1.29 is 14.3 Å². The molecule has 0 aromatic heterocycles. The summed E-state index contributed by atoms with van der Waals surface area (Å²) in [6.07, 6.45) is 0.214. The molecule has 0 spiro atoms. The molecule has 5 heteroatoms. The Morgan fingerprint density at radius 1 is 1.70 bits per heavy atom. The molecular formula is C5H11ClFNO2. The Morgan fingerprint density at radius 2 is 2.20 bits per heavy atom. The lowest BCUT2D eigenvalue weighted by Gasteiger charge is -2.03. The summed E-state index contributed by atoms with van der Waals surface area (Å²) in [5, 5.41) is 8.21. The van der Waals surface area contributed by atoms with Gasteiger partial charge in [0.1, 0.15) is 6.67 Å². The highest BCUT2D eigenvalue weighted by molar-refractivity contribution is 5.85. The van der Waals surface area contributed by atoms with E-state index >= 15 is 0 Å². The van der Waals surface area contributed by atoms with Gasteiger partial charge in [0.2, 0.25) is 0 Å². The molecular weight excluding hydrogens is 161 g/mol. The summed E-state index contributed by atoms with van der Waals surface area (Å²) in [5.41, 5.74) is 5.01. The van der Waals surface area contributed by atoms with E-state index in [9.17, 15) is 9.18 Å². The molecule has 0 bridgehead atoms. The Hall–Kier alpha value is -0.350. The number of alkyl halides is 1. The first-order chi connectivity index (χ1) is 4.22. The Bertz CT molecular complexity index is 102. The van der Waals surface area contributed by atoms with Gasteiger partial charge in [0, 0.05) is 0 Å². The number of halogens is 2. The number of rotatable bonds is 4. The normalized spacial score (nSPS) is 11.8. The van der Waals surface area contributed by atoms with Crippen LogP contribution in [0.5, 0.6) is 0 Å². The van der Waals surface area contributed by atoms with E-state index in [0.29, 0.717) is 0 Å². The summed E-state index contributed by atoms with van der Waals surface area (Å²) in [6, 6.07) is 0. The largest absolute Gasteiger partial charge is 0.481 e. The second-order valence-corrected chi connectivity index (χ2v) is 1.77. The number of carboxylic acid groups (broad SMARTS) is 1. The van der Waals surface area contributed by atoms with Gasteiger partial charge in [0.05, 0.1) is 5.92 Å². The molecule has 0 aliphatic rings. The first kappa shape index (κ1) is 12.3. The minimum absolute atomic E-state index is 0. The molecule has 0 aliphatic heterocycles. The molecule has 0 amide bonds. The third-order valence-electron chi connectivity index (χ3n) is 1.05. The molecule has 0 saturated heterocycles. The zero-order valence-electron chi connectivity index (χ0n) is 5.42. The van der Waals surface area contributed by atoms with Gasteiger partial charge in [-0.1, -0.05) is 0 Å². The fraction of sp³-hybridized carbons (Fsp3) is 0.800. The van der Waals surface area contributed by atoms with Gasteiger partial charge in [-0.3, -0.25) is 9.18 Å². The van der Waals surface area contributed by atoms with Crippen LogP contribution in [0.3, 0.4) is 0 Å². The van der Waals surface area contributed by atoms with E-state index in [2.05, 4.69) is 0 Å². The van der Waals surface area contributed by atoms with Gasteiger partial charge in [-0.25, -0.2) is 0 Å². The fourth-order valence-corrected chi connectivity index (χ4v) is 0.468. The molecule has 0 heterocycles. The van der Waals surface area contributed by atoms with Gasteiger partial charge < -0.3 is 10.8 Å². The fourth-order valence-electron chi connectivity index (χ4n) is 0.468. The van der Waals surface area contributed by atoms with Crippen LogP contribution in [-0.4, -0.2) is 24.3 Å². The molecule has 1 unspecified atom stereocenters. The van der Waals surface area contributed by atoms with Crippen LogP contribution in [0, 0.1) is 5.92 Å². The summed E-state index contributed by atoms with van der Waals surface area (Å²) in [6.45, 7) is -0.604. The summed E-state index contributed by atoms with van der Waals surface area (Å²) in [5.74, 6) is -2.02. The number of aliphatic carboxylic acids is 1. The van der Waals surface area contributed by atoms with E-state index in [0.717, 1.165) is 0 Å². The van der Waals surface area contributed by atoms with Crippen molar-refractivity contribution in [3.8, 4) is 0 Å². The van der Waals surface area contributed by atoms with Gasteiger partial charge in [-0.2, -0.15) is 0 Å². The third kappa shape index (κ3) is 4.52. The molecule has 0 aromatic carbocycles. The van der Waals surface area contributed by atoms with Crippen LogP contribution in [0.15, 0.2) is 0 Å². The summed E-state index contributed by atoms with van der Waals surface area (Å²) >= 11 is 0. The van der Waals surface area contributed by atoms with E-state index in [-0.39, 0.29) is 25.4 Å². The van der Waals surface area contributed by atoms with Crippen molar-refractivity contribution in [3.05, 3.63) is 0 Å². The molecule has 0 rings (SSSR count). The zero-order valence-corrected chi connectivity index (χ0v) is 6.23. The van der Waals surface area contributed by atoms with Crippen molar-refractivity contribution in [1.29, 1.82) is 0 Å². The van der Waals surface area contributed by atoms with Crippen molar-refractivity contribution in [2.45, 2.75) is 6.42 Å². The lowest BCUT2D eigenvalue weighted by atomic mass is 10.1. The van der Waals surface area contributed by atoms with Gasteiger partial charge >= 0.3 is 5.97 Å². The standard InChI is InChI=1S/C5H10FNO2.ClH/c6-3-4(1-2-7)5(8)9;/h4H,1-3,7H2,(H,8,9);1H. The van der Waals surface area contributed by atoms with Gasteiger partial charge in [0.15, 0.2) is 0 Å². The van der Waals surface area contributed by atoms with Crippen LogP contribution in [-0.2, 0) is 4.79 Å². The Kier molecular flexibility index (Phi) is 8.35. The Balaban J connectivity index is 0. The quantitative estimate of drug-likeness (QED) is 0.645. The van der Waals surface area contributed by atoms with Gasteiger partial charge in [-0.15, -0.1) is 12.4 Å². The summed E-state index contributed by atoms with van der Waals surface area (Å²) < 4.78 is 11.7. The molecule has 0 saturated carbocycles. The highest BCUT2D eigenvalue weighted by Gasteiger charge is 2.14. The van der Waals surface area contributed by atoms with Crippen LogP contribution < -0.4 is 5.73 Å². The lowest BCUT2D eigenvalue weighted by Crippen LogP contribution is -2.19. The predicted molar refractivity (Wildman–Crippen MR) is 38.0 cm³/mol. The minimum atomic E-state index is -1.11. The van der Waals surface area contributed by atoms with Gasteiger partial charge in [-0.05, 0) is 13.0 Å². The molecule has 0 radical (unpaired) electrons. The van der Waals surface area contributed by atoms with Crippen LogP contribution in [0.2, 0.25) is 0 Å². The number of hydrogen-bond acceptors (Lipinski definition) is 2. The first-order valence-electron chi connectivity index (χ1n) is 2.71. The van der Waals surface area contributed by atoms with Gasteiger partial charge in [0.25, 0.3) is 0 Å². The van der Waals surface area contributed by atoms with E-state index in [1.807, 2.05) is 0 Å². The van der Waals surface area contributed by atoms with E-state index in [4.69, 9.17) is 10.8 Å². The molecule has 1 atom stereocenters. The Labute approximate surface area is 64.8 Å². The topological polar surface area (TPSA) is 63.3 Å². The molecule has 3 N–H and O–H groups in total. The van der Waals surface area contributed by atoms with Crippen LogP contribution in [0.1, 0.15) is 6.42 Å². The summed E-state index contributed by atoms with van der Waals surface area (Å²) in [7, 11) is 0. The van der Waals surface area contributed by atoms with Crippen molar-refractivity contribution in [3.63, 3.8) is 0 Å². The van der Waals surface area contributed by atoms with Crippen LogP contribution in [0.4, 0.5) is 4.39 Å². The monoisotopic (exact) mass is 171 g/mol. The van der Waals surface area contributed by atoms with Crippen molar-refractivity contribution in [2.24, 2.45) is 11.7 Å². The number of nitrogens with two attached hydrogens (primary N) is 1. The minimum Gasteiger partial charge on any atom is -0.481 e. The van der Waals surface area contributed by atoms with Crippen LogP contribution >= 0.6 is 12.4 Å². The van der Waals surface area contributed by atoms with Crippen molar-refractivity contribution in [2.75, 3.05) is 13.2 Å². The highest BCUT2D eigenvalue weighted by atomic mass is 35.5. The van der Waals surface area contributed by atoms with E-state index in [1.54, 1.807) is 0 Å². The average molecular weight is 172 g/mol. The molecule has 0 aliphatic carbocycles. The first-order valence-corrected chi connectivity index (χ1v) is 2.71. The molecule has 0 aromatic rings. The van der Waals surface area contributed by atoms with Crippen LogP contribution in [0.25, 0.3) is 0 Å². The van der Waals surface area contributed by atoms with E-state index < -0.39 is 18.6 Å². The number of carbonyl (C=O) groups is 1. The van der Waals surface area contributed by atoms with Crippen molar-refractivity contribution >= 4 is 18.4 Å². The predicted octanol–water partition coefficient (Wildman–Crippen LogP) is 0.427. The second-order valence-electron chi connectivity index (χ2n) is 1.77. The number of carboxylic acids is 1. The SMILES string of the molecule is Cl.NCCC(CF)C(=O)O. The van der Waals surface area contributed by atoms with E-state index in [1.165, 1.54) is 0 Å². The second kappa shape index (κ2) is 6.77. The molecule has 0 fully saturated rings. The maximum Gasteiger partial charge on any atom is 0.309 e. The smallest absolute Gasteiger partial charge is 0.309 e. The lowest BCUT2D eigenvalue weighted by molar-refractivity contribution is -0.142. The molecule has 10 heavy (non-hydrogen) atoms. The third-order valence-corrected chi connectivity index (χ3v) is 1.05. The zero-order chi connectivity index (χ0) is 7.28. The summed E-state index contributed by atoms with van der Waals surface area (Å²) in [4.78, 5) is 10.0. The maximum absolute atomic E-state index is 11.7.